The first-order valence-electron chi connectivity index (χ1n) is 5.88. The van der Waals surface area contributed by atoms with Crippen LogP contribution in [-0.4, -0.2) is 22.8 Å². The molecule has 0 aromatic rings. The van der Waals surface area contributed by atoms with Crippen molar-refractivity contribution in [2.75, 3.05) is 6.61 Å². The Morgan fingerprint density at radius 3 is 2.67 bits per heavy atom. The van der Waals surface area contributed by atoms with Gasteiger partial charge in [0.15, 0.2) is 0 Å². The standard InChI is InChI=1S/C12H22O3/c1-3-10-4-5-12(7-10,11(14)15)6-9(2)8-13/h9-10,13H,3-8H2,1-2H3,(H,14,15). The van der Waals surface area contributed by atoms with Crippen molar-refractivity contribution < 1.29 is 15.0 Å². The molecule has 0 heterocycles. The summed E-state index contributed by atoms with van der Waals surface area (Å²) in [5.41, 5.74) is -0.553. The number of carbonyl (C=O) groups is 1. The van der Waals surface area contributed by atoms with E-state index in [0.717, 1.165) is 25.7 Å². The zero-order valence-electron chi connectivity index (χ0n) is 9.70. The molecule has 2 N–H and O–H groups in total. The van der Waals surface area contributed by atoms with E-state index in [1.165, 1.54) is 0 Å². The molecule has 3 unspecified atom stereocenters. The molecular weight excluding hydrogens is 192 g/mol. The molecule has 1 rings (SSSR count). The van der Waals surface area contributed by atoms with Gasteiger partial charge in [0.1, 0.15) is 0 Å². The summed E-state index contributed by atoms with van der Waals surface area (Å²) in [4.78, 5) is 11.4. The largest absolute Gasteiger partial charge is 0.481 e. The van der Waals surface area contributed by atoms with E-state index in [-0.39, 0.29) is 12.5 Å². The molecule has 0 aliphatic heterocycles. The van der Waals surface area contributed by atoms with Gasteiger partial charge >= 0.3 is 5.97 Å². The molecule has 0 amide bonds. The molecule has 88 valence electrons. The number of carboxylic acids is 1. The lowest BCUT2D eigenvalue weighted by Gasteiger charge is -2.27. The zero-order valence-corrected chi connectivity index (χ0v) is 9.70. The van der Waals surface area contributed by atoms with Crippen LogP contribution in [-0.2, 0) is 4.79 Å². The molecule has 1 aliphatic carbocycles. The molecular formula is C12H22O3. The second-order valence-electron chi connectivity index (χ2n) is 5.09. The van der Waals surface area contributed by atoms with Crippen LogP contribution in [0.25, 0.3) is 0 Å². The lowest BCUT2D eigenvalue weighted by molar-refractivity contribution is -0.150. The molecule has 3 atom stereocenters. The van der Waals surface area contributed by atoms with Crippen molar-refractivity contribution in [3.63, 3.8) is 0 Å². The molecule has 15 heavy (non-hydrogen) atoms. The summed E-state index contributed by atoms with van der Waals surface area (Å²) >= 11 is 0. The molecule has 0 aromatic heterocycles. The SMILES string of the molecule is CCC1CCC(CC(C)CO)(C(=O)O)C1. The first-order chi connectivity index (χ1) is 7.04. The third-order valence-electron chi connectivity index (χ3n) is 3.79. The minimum absolute atomic E-state index is 0.0891. The van der Waals surface area contributed by atoms with E-state index in [2.05, 4.69) is 6.92 Å². The van der Waals surface area contributed by atoms with Gasteiger partial charge in [0, 0.05) is 6.61 Å². The van der Waals surface area contributed by atoms with E-state index in [0.29, 0.717) is 12.3 Å². The van der Waals surface area contributed by atoms with Gasteiger partial charge < -0.3 is 10.2 Å². The lowest BCUT2D eigenvalue weighted by Crippen LogP contribution is -2.31. The van der Waals surface area contributed by atoms with Gasteiger partial charge in [-0.2, -0.15) is 0 Å². The normalized spacial score (nSPS) is 32.9. The molecule has 1 saturated carbocycles. The predicted octanol–water partition coefficient (Wildman–Crippen LogP) is 2.29. The summed E-state index contributed by atoms with van der Waals surface area (Å²) in [5, 5.41) is 18.4. The van der Waals surface area contributed by atoms with E-state index in [9.17, 15) is 9.90 Å². The van der Waals surface area contributed by atoms with E-state index < -0.39 is 11.4 Å². The Hall–Kier alpha value is -0.570. The Kier molecular flexibility index (Phi) is 4.14. The van der Waals surface area contributed by atoms with E-state index in [1.54, 1.807) is 0 Å². The molecule has 0 spiro atoms. The number of aliphatic carboxylic acids is 1. The van der Waals surface area contributed by atoms with Crippen LogP contribution in [0.4, 0.5) is 0 Å². The number of hydrogen-bond acceptors (Lipinski definition) is 2. The molecule has 0 saturated heterocycles. The highest BCUT2D eigenvalue weighted by Gasteiger charge is 2.45. The van der Waals surface area contributed by atoms with Gasteiger partial charge in [0.25, 0.3) is 0 Å². The van der Waals surface area contributed by atoms with Crippen molar-refractivity contribution in [3.05, 3.63) is 0 Å². The minimum Gasteiger partial charge on any atom is -0.481 e. The second-order valence-corrected chi connectivity index (χ2v) is 5.09. The Labute approximate surface area is 91.5 Å². The highest BCUT2D eigenvalue weighted by atomic mass is 16.4. The van der Waals surface area contributed by atoms with Crippen LogP contribution in [0, 0.1) is 17.3 Å². The smallest absolute Gasteiger partial charge is 0.309 e. The quantitative estimate of drug-likeness (QED) is 0.738. The van der Waals surface area contributed by atoms with Gasteiger partial charge in [0.05, 0.1) is 5.41 Å². The van der Waals surface area contributed by atoms with Crippen molar-refractivity contribution in [3.8, 4) is 0 Å². The van der Waals surface area contributed by atoms with Gasteiger partial charge in [-0.25, -0.2) is 0 Å². The highest BCUT2D eigenvalue weighted by Crippen LogP contribution is 2.47. The summed E-state index contributed by atoms with van der Waals surface area (Å²) < 4.78 is 0. The van der Waals surface area contributed by atoms with Crippen molar-refractivity contribution in [1.82, 2.24) is 0 Å². The third-order valence-corrected chi connectivity index (χ3v) is 3.79. The van der Waals surface area contributed by atoms with Crippen LogP contribution in [0.2, 0.25) is 0 Å². The maximum Gasteiger partial charge on any atom is 0.309 e. The summed E-state index contributed by atoms with van der Waals surface area (Å²) in [5.74, 6) is -0.0116. The van der Waals surface area contributed by atoms with Gasteiger partial charge in [-0.15, -0.1) is 0 Å². The first-order valence-corrected chi connectivity index (χ1v) is 5.88. The Bertz CT molecular complexity index is 227. The van der Waals surface area contributed by atoms with Crippen molar-refractivity contribution >= 4 is 5.97 Å². The van der Waals surface area contributed by atoms with Gasteiger partial charge in [0.2, 0.25) is 0 Å². The van der Waals surface area contributed by atoms with Gasteiger partial charge in [-0.3, -0.25) is 4.79 Å². The van der Waals surface area contributed by atoms with E-state index in [1.807, 2.05) is 6.92 Å². The summed E-state index contributed by atoms with van der Waals surface area (Å²) in [6, 6.07) is 0. The lowest BCUT2D eigenvalue weighted by atomic mass is 9.77. The number of rotatable bonds is 5. The van der Waals surface area contributed by atoms with E-state index in [4.69, 9.17) is 5.11 Å². The molecule has 3 nitrogen and oxygen atoms in total. The first kappa shape index (κ1) is 12.5. The van der Waals surface area contributed by atoms with Gasteiger partial charge in [-0.05, 0) is 37.5 Å². The topological polar surface area (TPSA) is 57.5 Å². The number of carboxylic acid groups (broad SMARTS) is 1. The fourth-order valence-corrected chi connectivity index (χ4v) is 2.78. The summed E-state index contributed by atoms with van der Waals surface area (Å²) in [6.45, 7) is 4.13. The molecule has 1 aliphatic rings. The van der Waals surface area contributed by atoms with Crippen molar-refractivity contribution in [2.24, 2.45) is 17.3 Å². The fraction of sp³-hybridized carbons (Fsp3) is 0.917. The van der Waals surface area contributed by atoms with Crippen LogP contribution in [0.5, 0.6) is 0 Å². The zero-order chi connectivity index (χ0) is 11.5. The minimum atomic E-state index is -0.668. The van der Waals surface area contributed by atoms with E-state index >= 15 is 0 Å². The Morgan fingerprint density at radius 1 is 1.60 bits per heavy atom. The molecule has 0 aromatic carbocycles. The molecule has 0 bridgehead atoms. The third kappa shape index (κ3) is 2.71. The average Bonchev–Trinajstić information content (AvgIpc) is 2.62. The summed E-state index contributed by atoms with van der Waals surface area (Å²) in [7, 11) is 0. The van der Waals surface area contributed by atoms with Crippen LogP contribution in [0.1, 0.15) is 46.0 Å². The van der Waals surface area contributed by atoms with Crippen LogP contribution >= 0.6 is 0 Å². The monoisotopic (exact) mass is 214 g/mol. The van der Waals surface area contributed by atoms with Crippen molar-refractivity contribution in [2.45, 2.75) is 46.0 Å². The van der Waals surface area contributed by atoms with Crippen LogP contribution in [0.15, 0.2) is 0 Å². The highest BCUT2D eigenvalue weighted by molar-refractivity contribution is 5.75. The molecule has 3 heteroatoms. The Balaban J connectivity index is 2.69. The second kappa shape index (κ2) is 4.97. The van der Waals surface area contributed by atoms with Gasteiger partial charge in [-0.1, -0.05) is 20.3 Å². The maximum absolute atomic E-state index is 11.4. The van der Waals surface area contributed by atoms with Crippen molar-refractivity contribution in [1.29, 1.82) is 0 Å². The fourth-order valence-electron chi connectivity index (χ4n) is 2.78. The molecule has 0 radical (unpaired) electrons. The maximum atomic E-state index is 11.4. The van der Waals surface area contributed by atoms with Crippen LogP contribution in [0.3, 0.4) is 0 Å². The average molecular weight is 214 g/mol. The summed E-state index contributed by atoms with van der Waals surface area (Å²) in [6.07, 6.45) is 4.30. The van der Waals surface area contributed by atoms with Crippen LogP contribution < -0.4 is 0 Å². The number of aliphatic hydroxyl groups excluding tert-OH is 1. The number of hydrogen-bond donors (Lipinski definition) is 2. The molecule has 1 fully saturated rings. The predicted molar refractivity (Wildman–Crippen MR) is 58.6 cm³/mol. The number of aliphatic hydroxyl groups is 1. The Morgan fingerprint density at radius 2 is 2.27 bits per heavy atom.